The van der Waals surface area contributed by atoms with Gasteiger partial charge < -0.3 is 5.73 Å². The van der Waals surface area contributed by atoms with Crippen molar-refractivity contribution in [1.29, 1.82) is 0 Å². The highest BCUT2D eigenvalue weighted by atomic mass is 35.5. The second kappa shape index (κ2) is 4.40. The highest BCUT2D eigenvalue weighted by Gasteiger charge is 2.06. The van der Waals surface area contributed by atoms with Crippen LogP contribution in [-0.4, -0.2) is 14.6 Å². The topological polar surface area (TPSA) is 56.2 Å². The first-order valence-electron chi connectivity index (χ1n) is 5.57. The van der Waals surface area contributed by atoms with Crippen LogP contribution in [0.3, 0.4) is 0 Å². The van der Waals surface area contributed by atoms with Crippen LogP contribution >= 0.6 is 11.6 Å². The first kappa shape index (κ1) is 11.2. The molecular formula is C13H11ClN4. The number of nitrogens with zero attached hydrogens (tertiary/aromatic N) is 3. The zero-order valence-corrected chi connectivity index (χ0v) is 10.3. The summed E-state index contributed by atoms with van der Waals surface area (Å²) in [4.78, 5) is 4.45. The van der Waals surface area contributed by atoms with Gasteiger partial charge in [0.2, 0.25) is 0 Å². The standard InChI is InChI=1S/C13H11ClN4/c14-11-3-1-2-10(6-11)13-16-12-5-4-9(7-15)8-18(12)17-13/h1-6,8H,7,15H2. The van der Waals surface area contributed by atoms with Gasteiger partial charge in [0.25, 0.3) is 0 Å². The van der Waals surface area contributed by atoms with Gasteiger partial charge in [-0.05, 0) is 23.8 Å². The van der Waals surface area contributed by atoms with Crippen LogP contribution in [0.5, 0.6) is 0 Å². The Bertz CT molecular complexity index is 705. The third kappa shape index (κ3) is 1.96. The average Bonchev–Trinajstić information content (AvgIpc) is 2.81. The molecule has 0 aliphatic carbocycles. The van der Waals surface area contributed by atoms with E-state index in [0.29, 0.717) is 17.4 Å². The molecule has 2 N–H and O–H groups in total. The highest BCUT2D eigenvalue weighted by Crippen LogP contribution is 2.20. The van der Waals surface area contributed by atoms with Crippen molar-refractivity contribution in [3.05, 3.63) is 53.2 Å². The van der Waals surface area contributed by atoms with E-state index in [-0.39, 0.29) is 0 Å². The fraction of sp³-hybridized carbons (Fsp3) is 0.0769. The first-order chi connectivity index (χ1) is 8.76. The summed E-state index contributed by atoms with van der Waals surface area (Å²) < 4.78 is 1.73. The summed E-state index contributed by atoms with van der Waals surface area (Å²) in [5.41, 5.74) is 8.32. The molecule has 0 unspecified atom stereocenters. The van der Waals surface area contributed by atoms with Crippen LogP contribution in [0.2, 0.25) is 5.02 Å². The molecule has 5 heteroatoms. The zero-order chi connectivity index (χ0) is 12.5. The third-order valence-corrected chi connectivity index (χ3v) is 2.95. The lowest BCUT2D eigenvalue weighted by Gasteiger charge is -1.95. The number of hydrogen-bond donors (Lipinski definition) is 1. The molecule has 0 spiro atoms. The van der Waals surface area contributed by atoms with E-state index in [4.69, 9.17) is 17.3 Å². The minimum atomic E-state index is 0.488. The normalized spacial score (nSPS) is 11.0. The van der Waals surface area contributed by atoms with E-state index in [0.717, 1.165) is 16.8 Å². The maximum atomic E-state index is 5.96. The van der Waals surface area contributed by atoms with Crippen LogP contribution in [0.25, 0.3) is 17.0 Å². The molecule has 0 aliphatic heterocycles. The van der Waals surface area contributed by atoms with Crippen molar-refractivity contribution in [2.24, 2.45) is 5.73 Å². The van der Waals surface area contributed by atoms with Gasteiger partial charge in [-0.1, -0.05) is 29.8 Å². The van der Waals surface area contributed by atoms with Gasteiger partial charge in [0.15, 0.2) is 11.5 Å². The van der Waals surface area contributed by atoms with Gasteiger partial charge in [-0.25, -0.2) is 9.50 Å². The molecule has 0 bridgehead atoms. The van der Waals surface area contributed by atoms with E-state index in [9.17, 15) is 0 Å². The summed E-state index contributed by atoms with van der Waals surface area (Å²) in [6.07, 6.45) is 1.89. The molecule has 3 rings (SSSR count). The lowest BCUT2D eigenvalue weighted by Crippen LogP contribution is -1.98. The van der Waals surface area contributed by atoms with Crippen LogP contribution in [0.15, 0.2) is 42.6 Å². The molecule has 0 saturated heterocycles. The Morgan fingerprint density at radius 1 is 1.22 bits per heavy atom. The van der Waals surface area contributed by atoms with Gasteiger partial charge in [0, 0.05) is 23.3 Å². The molecule has 0 aliphatic rings. The van der Waals surface area contributed by atoms with Crippen LogP contribution < -0.4 is 5.73 Å². The number of nitrogens with two attached hydrogens (primary N) is 1. The number of fused-ring (bicyclic) bond motifs is 1. The van der Waals surface area contributed by atoms with Crippen LogP contribution in [-0.2, 0) is 6.54 Å². The van der Waals surface area contributed by atoms with Gasteiger partial charge in [-0.2, -0.15) is 0 Å². The van der Waals surface area contributed by atoms with Gasteiger partial charge in [-0.3, -0.25) is 0 Å². The summed E-state index contributed by atoms with van der Waals surface area (Å²) >= 11 is 5.96. The predicted molar refractivity (Wildman–Crippen MR) is 71.3 cm³/mol. The maximum absolute atomic E-state index is 5.96. The molecular weight excluding hydrogens is 248 g/mol. The highest BCUT2D eigenvalue weighted by molar-refractivity contribution is 6.30. The number of rotatable bonds is 2. The van der Waals surface area contributed by atoms with Gasteiger partial charge in [0.05, 0.1) is 0 Å². The first-order valence-corrected chi connectivity index (χ1v) is 5.95. The summed E-state index contributed by atoms with van der Waals surface area (Å²) in [5, 5.41) is 5.10. The van der Waals surface area contributed by atoms with E-state index < -0.39 is 0 Å². The summed E-state index contributed by atoms with van der Waals surface area (Å²) in [6.45, 7) is 0.488. The molecule has 1 aromatic carbocycles. The van der Waals surface area contributed by atoms with Crippen molar-refractivity contribution < 1.29 is 0 Å². The average molecular weight is 259 g/mol. The molecule has 90 valence electrons. The molecule has 0 atom stereocenters. The lowest BCUT2D eigenvalue weighted by atomic mass is 10.2. The SMILES string of the molecule is NCc1ccc2nc(-c3cccc(Cl)c3)nn2c1. The largest absolute Gasteiger partial charge is 0.326 e. The van der Waals surface area contributed by atoms with Crippen molar-refractivity contribution >= 4 is 17.2 Å². The molecule has 0 radical (unpaired) electrons. The monoisotopic (exact) mass is 258 g/mol. The fourth-order valence-corrected chi connectivity index (χ4v) is 1.99. The lowest BCUT2D eigenvalue weighted by molar-refractivity contribution is 0.931. The molecule has 18 heavy (non-hydrogen) atoms. The van der Waals surface area contributed by atoms with Crippen molar-refractivity contribution in [3.63, 3.8) is 0 Å². The Balaban J connectivity index is 2.13. The molecule has 0 amide bonds. The minimum absolute atomic E-state index is 0.488. The van der Waals surface area contributed by atoms with Crippen molar-refractivity contribution in [3.8, 4) is 11.4 Å². The van der Waals surface area contributed by atoms with E-state index in [1.54, 1.807) is 4.52 Å². The van der Waals surface area contributed by atoms with Gasteiger partial charge >= 0.3 is 0 Å². The molecule has 2 aromatic heterocycles. The predicted octanol–water partition coefficient (Wildman–Crippen LogP) is 2.51. The van der Waals surface area contributed by atoms with E-state index in [1.165, 1.54) is 0 Å². The molecule has 0 saturated carbocycles. The number of benzene rings is 1. The van der Waals surface area contributed by atoms with Gasteiger partial charge in [-0.15, -0.1) is 5.10 Å². The number of pyridine rings is 1. The maximum Gasteiger partial charge on any atom is 0.182 e. The second-order valence-corrected chi connectivity index (χ2v) is 4.43. The molecule has 2 heterocycles. The molecule has 0 fully saturated rings. The van der Waals surface area contributed by atoms with Crippen LogP contribution in [0.4, 0.5) is 0 Å². The van der Waals surface area contributed by atoms with Crippen molar-refractivity contribution in [1.82, 2.24) is 14.6 Å². The summed E-state index contributed by atoms with van der Waals surface area (Å²) in [6, 6.07) is 11.3. The second-order valence-electron chi connectivity index (χ2n) is 3.99. The van der Waals surface area contributed by atoms with Crippen LogP contribution in [0, 0.1) is 0 Å². The van der Waals surface area contributed by atoms with E-state index in [2.05, 4.69) is 10.1 Å². The minimum Gasteiger partial charge on any atom is -0.326 e. The Kier molecular flexibility index (Phi) is 2.74. The van der Waals surface area contributed by atoms with Crippen molar-refractivity contribution in [2.75, 3.05) is 0 Å². The molecule has 4 nitrogen and oxygen atoms in total. The Morgan fingerprint density at radius 3 is 2.89 bits per heavy atom. The summed E-state index contributed by atoms with van der Waals surface area (Å²) in [5.74, 6) is 0.659. The zero-order valence-electron chi connectivity index (χ0n) is 9.55. The number of halogens is 1. The number of hydrogen-bond acceptors (Lipinski definition) is 3. The van der Waals surface area contributed by atoms with Crippen molar-refractivity contribution in [2.45, 2.75) is 6.54 Å². The van der Waals surface area contributed by atoms with Crippen LogP contribution in [0.1, 0.15) is 5.56 Å². The Morgan fingerprint density at radius 2 is 2.11 bits per heavy atom. The smallest absolute Gasteiger partial charge is 0.182 e. The Labute approximate surface area is 109 Å². The quantitative estimate of drug-likeness (QED) is 0.768. The number of aromatic nitrogens is 3. The Hall–Kier alpha value is -1.91. The van der Waals surface area contributed by atoms with E-state index in [1.807, 2.05) is 42.6 Å². The summed E-state index contributed by atoms with van der Waals surface area (Å²) in [7, 11) is 0. The third-order valence-electron chi connectivity index (χ3n) is 2.71. The molecule has 3 aromatic rings. The fourth-order valence-electron chi connectivity index (χ4n) is 1.80. The van der Waals surface area contributed by atoms with Gasteiger partial charge in [0.1, 0.15) is 0 Å². The van der Waals surface area contributed by atoms with E-state index >= 15 is 0 Å².